The molecule has 0 amide bonds. The Balaban J connectivity index is 2.44. The van der Waals surface area contributed by atoms with Gasteiger partial charge in [-0.25, -0.2) is 4.18 Å². The highest BCUT2D eigenvalue weighted by atomic mass is 32.3. The molecule has 1 saturated heterocycles. The summed E-state index contributed by atoms with van der Waals surface area (Å²) >= 11 is 0. The van der Waals surface area contributed by atoms with Gasteiger partial charge in [-0.2, -0.15) is 8.42 Å². The first-order valence-electron chi connectivity index (χ1n) is 22.7. The van der Waals surface area contributed by atoms with Gasteiger partial charge in [-0.3, -0.25) is 9.35 Å². The number of unbranched alkanes of at least 4 members (excludes halogenated alkanes) is 13. The zero-order chi connectivity index (χ0) is 43.9. The average Bonchev–Trinajstić information content (AvgIpc) is 3.22. The second-order valence-electron chi connectivity index (χ2n) is 15.3. The Morgan fingerprint density at radius 1 is 0.650 bits per heavy atom. The monoisotopic (exact) mass is 869 g/mol. The van der Waals surface area contributed by atoms with E-state index in [1.807, 2.05) is 0 Å². The van der Waals surface area contributed by atoms with Crippen LogP contribution in [-0.4, -0.2) is 97.5 Å². The van der Waals surface area contributed by atoms with Gasteiger partial charge in [0.15, 0.2) is 6.29 Å². The summed E-state index contributed by atoms with van der Waals surface area (Å²) < 4.78 is 59.0. The van der Waals surface area contributed by atoms with Crippen molar-refractivity contribution >= 4 is 16.4 Å². The van der Waals surface area contributed by atoms with Crippen molar-refractivity contribution in [2.24, 2.45) is 0 Å². The van der Waals surface area contributed by atoms with Crippen molar-refractivity contribution < 1.29 is 56.2 Å². The number of ether oxygens (including phenoxy) is 4. The van der Waals surface area contributed by atoms with E-state index in [-0.39, 0.29) is 19.6 Å². The second kappa shape index (κ2) is 38.2. The van der Waals surface area contributed by atoms with Gasteiger partial charge in [0.25, 0.3) is 0 Å². The van der Waals surface area contributed by atoms with Crippen LogP contribution in [0.4, 0.5) is 0 Å². The van der Waals surface area contributed by atoms with Gasteiger partial charge in [-0.05, 0) is 83.5 Å². The van der Waals surface area contributed by atoms with Crippen LogP contribution in [0.3, 0.4) is 0 Å². The number of rotatable bonds is 38. The molecule has 0 aromatic rings. The van der Waals surface area contributed by atoms with E-state index >= 15 is 0 Å². The fourth-order valence-electron chi connectivity index (χ4n) is 6.40. The minimum atomic E-state index is -5.07. The lowest BCUT2D eigenvalue weighted by atomic mass is 9.99. The summed E-state index contributed by atoms with van der Waals surface area (Å²) in [6.45, 7) is 3.76. The van der Waals surface area contributed by atoms with Gasteiger partial charge in [0.2, 0.25) is 0 Å². The number of esters is 1. The molecule has 0 aliphatic carbocycles. The molecule has 0 aromatic carbocycles. The first kappa shape index (κ1) is 55.6. The first-order valence-corrected chi connectivity index (χ1v) is 24.1. The zero-order valence-corrected chi connectivity index (χ0v) is 37.6. The van der Waals surface area contributed by atoms with Crippen LogP contribution < -0.4 is 0 Å². The van der Waals surface area contributed by atoms with Crippen molar-refractivity contribution in [3.63, 3.8) is 0 Å². The Morgan fingerprint density at radius 2 is 1.15 bits per heavy atom. The van der Waals surface area contributed by atoms with Crippen LogP contribution in [0.15, 0.2) is 72.9 Å². The van der Waals surface area contributed by atoms with Gasteiger partial charge >= 0.3 is 16.4 Å². The molecule has 4 N–H and O–H groups in total. The summed E-state index contributed by atoms with van der Waals surface area (Å²) in [4.78, 5) is 12.8. The molecule has 6 unspecified atom stereocenters. The van der Waals surface area contributed by atoms with Crippen LogP contribution in [-0.2, 0) is 38.3 Å². The molecule has 346 valence electrons. The van der Waals surface area contributed by atoms with Gasteiger partial charge in [-0.15, -0.1) is 0 Å². The summed E-state index contributed by atoms with van der Waals surface area (Å²) in [5, 5.41) is 30.6. The maximum absolute atomic E-state index is 12.8. The van der Waals surface area contributed by atoms with Crippen molar-refractivity contribution in [2.75, 3.05) is 26.4 Å². The number of hydrogen-bond acceptors (Lipinski definition) is 11. The molecule has 0 aromatic heterocycles. The molecular weight excluding hydrogens is 789 g/mol. The number of aliphatic hydroxyl groups excluding tert-OH is 3. The Bertz CT molecular complexity index is 1330. The molecule has 0 saturated carbocycles. The predicted octanol–water partition coefficient (Wildman–Crippen LogP) is 9.52. The second-order valence-corrected chi connectivity index (χ2v) is 16.3. The van der Waals surface area contributed by atoms with E-state index in [0.29, 0.717) is 13.0 Å². The Morgan fingerprint density at radius 3 is 1.68 bits per heavy atom. The van der Waals surface area contributed by atoms with Crippen LogP contribution >= 0.6 is 0 Å². The van der Waals surface area contributed by atoms with Crippen molar-refractivity contribution in [3.8, 4) is 0 Å². The minimum Gasteiger partial charge on any atom is -0.457 e. The fourth-order valence-corrected chi connectivity index (χ4v) is 6.91. The first-order chi connectivity index (χ1) is 29.1. The average molecular weight is 869 g/mol. The SMILES string of the molecule is CC/C=C\C/C=C\C/C=C\CCCCCC(=O)OC(COCCCCCCCCC/C=C\C/C=C\C/C=C\CCCCC)COC1OC(CO)C(O)C(OS(=O)(=O)O)C1O. The Hall–Kier alpha value is -2.46. The van der Waals surface area contributed by atoms with Gasteiger partial charge in [0.05, 0.1) is 19.8 Å². The smallest absolute Gasteiger partial charge is 0.397 e. The number of allylic oxidation sites excluding steroid dienone is 12. The molecule has 13 heteroatoms. The zero-order valence-electron chi connectivity index (χ0n) is 36.7. The highest BCUT2D eigenvalue weighted by molar-refractivity contribution is 7.80. The predicted molar refractivity (Wildman–Crippen MR) is 239 cm³/mol. The molecule has 1 heterocycles. The Labute approximate surface area is 362 Å². The van der Waals surface area contributed by atoms with Crippen molar-refractivity contribution in [2.45, 2.75) is 192 Å². The highest BCUT2D eigenvalue weighted by Gasteiger charge is 2.48. The summed E-state index contributed by atoms with van der Waals surface area (Å²) in [7, 11) is -5.07. The highest BCUT2D eigenvalue weighted by Crippen LogP contribution is 2.26. The van der Waals surface area contributed by atoms with Crippen LogP contribution in [0, 0.1) is 0 Å². The summed E-state index contributed by atoms with van der Waals surface area (Å²) in [6.07, 6.45) is 39.4. The maximum atomic E-state index is 12.8. The molecule has 6 atom stereocenters. The number of hydrogen-bond donors (Lipinski definition) is 4. The maximum Gasteiger partial charge on any atom is 0.397 e. The summed E-state index contributed by atoms with van der Waals surface area (Å²) in [5.74, 6) is -0.435. The molecular formula is C47H80O12S. The van der Waals surface area contributed by atoms with E-state index in [9.17, 15) is 28.5 Å². The normalized spacial score (nSPS) is 20.9. The minimum absolute atomic E-state index is 0.0131. The quantitative estimate of drug-likeness (QED) is 0.0200. The third kappa shape index (κ3) is 31.4. The summed E-state index contributed by atoms with van der Waals surface area (Å²) in [6, 6.07) is 0. The molecule has 60 heavy (non-hydrogen) atoms. The van der Waals surface area contributed by atoms with Gasteiger partial charge in [-0.1, -0.05) is 138 Å². The van der Waals surface area contributed by atoms with Gasteiger partial charge in [0.1, 0.15) is 30.5 Å². The third-order valence-corrected chi connectivity index (χ3v) is 10.3. The van der Waals surface area contributed by atoms with Crippen LogP contribution in [0.25, 0.3) is 0 Å². The van der Waals surface area contributed by atoms with E-state index in [1.165, 1.54) is 44.9 Å². The number of carbonyl (C=O) groups is 1. The molecule has 1 fully saturated rings. The number of carbonyl (C=O) groups excluding carboxylic acids is 1. The standard InChI is InChI=1S/C47H80O12S/c1-3-5-7-9-11-13-15-17-18-19-20-21-22-23-25-27-29-31-33-35-37-55-39-41(40-56-47-45(51)46(59-60(52,53)54)44(50)42(38-48)58-47)57-43(49)36-34-32-30-28-26-24-16-14-12-10-8-6-4-2/h6,8,11-14,17-18,20-21,24,26,41-42,44-48,50-51H,3-5,7,9-10,15-16,19,22-23,25,27-40H2,1-2H3,(H,52,53,54)/b8-6-,13-11-,14-12-,18-17-,21-20-,26-24-. The topological polar surface area (TPSA) is 178 Å². The molecule has 12 nitrogen and oxygen atoms in total. The molecule has 0 radical (unpaired) electrons. The lowest BCUT2D eigenvalue weighted by molar-refractivity contribution is -0.301. The molecule has 0 bridgehead atoms. The summed E-state index contributed by atoms with van der Waals surface area (Å²) in [5.41, 5.74) is 0. The molecule has 1 rings (SSSR count). The van der Waals surface area contributed by atoms with Crippen LogP contribution in [0.1, 0.15) is 155 Å². The van der Waals surface area contributed by atoms with E-state index in [2.05, 4.69) is 90.9 Å². The van der Waals surface area contributed by atoms with E-state index in [4.69, 9.17) is 23.5 Å². The largest absolute Gasteiger partial charge is 0.457 e. The van der Waals surface area contributed by atoms with Crippen LogP contribution in [0.5, 0.6) is 0 Å². The lowest BCUT2D eigenvalue weighted by Crippen LogP contribution is -2.60. The van der Waals surface area contributed by atoms with Crippen LogP contribution in [0.2, 0.25) is 0 Å². The van der Waals surface area contributed by atoms with Crippen molar-refractivity contribution in [3.05, 3.63) is 72.9 Å². The number of aliphatic hydroxyl groups is 3. The Kier molecular flexibility index (Phi) is 35.4. The lowest BCUT2D eigenvalue weighted by Gasteiger charge is -2.41. The molecule has 0 spiro atoms. The van der Waals surface area contributed by atoms with E-state index in [0.717, 1.165) is 83.5 Å². The van der Waals surface area contributed by atoms with Gasteiger partial charge < -0.3 is 34.3 Å². The third-order valence-electron chi connectivity index (χ3n) is 9.81. The van der Waals surface area contributed by atoms with E-state index < -0.39 is 59.8 Å². The molecule has 1 aliphatic heterocycles. The fraction of sp³-hybridized carbons (Fsp3) is 0.723. The van der Waals surface area contributed by atoms with Gasteiger partial charge in [0, 0.05) is 13.0 Å². The molecule has 1 aliphatic rings. The van der Waals surface area contributed by atoms with Crippen molar-refractivity contribution in [1.82, 2.24) is 0 Å². The van der Waals surface area contributed by atoms with E-state index in [1.54, 1.807) is 0 Å². The van der Waals surface area contributed by atoms with Crippen molar-refractivity contribution in [1.29, 1.82) is 0 Å².